The van der Waals surface area contributed by atoms with Crippen LogP contribution in [0.3, 0.4) is 0 Å². The van der Waals surface area contributed by atoms with Gasteiger partial charge in [-0.25, -0.2) is 4.79 Å². The van der Waals surface area contributed by atoms with Crippen molar-refractivity contribution in [2.75, 3.05) is 6.61 Å². The Hall–Kier alpha value is -1.58. The zero-order chi connectivity index (χ0) is 13.1. The molecule has 4 heteroatoms. The number of fused-ring (bicyclic) bond motifs is 3. The van der Waals surface area contributed by atoms with Gasteiger partial charge in [0.05, 0.1) is 11.4 Å². The van der Waals surface area contributed by atoms with Crippen LogP contribution in [0.5, 0.6) is 0 Å². The summed E-state index contributed by atoms with van der Waals surface area (Å²) in [6.07, 6.45) is 2.12. The van der Waals surface area contributed by atoms with Crippen LogP contribution in [0.2, 0.25) is 0 Å². The molecule has 4 nitrogen and oxygen atoms in total. The molecular weight excluding hydrogens is 228 g/mol. The maximum Gasteiger partial charge on any atom is 0.435 e. The van der Waals surface area contributed by atoms with E-state index in [9.17, 15) is 4.79 Å². The summed E-state index contributed by atoms with van der Waals surface area (Å²) >= 11 is 0. The number of hydrogen-bond donors (Lipinski definition) is 0. The highest BCUT2D eigenvalue weighted by atomic mass is 16.6. The molecule has 0 aliphatic heterocycles. The van der Waals surface area contributed by atoms with Crippen molar-refractivity contribution in [2.24, 2.45) is 11.3 Å². The molecule has 0 bridgehead atoms. The fourth-order valence-corrected chi connectivity index (χ4v) is 3.44. The van der Waals surface area contributed by atoms with E-state index in [0.717, 1.165) is 17.8 Å². The molecule has 1 aromatic rings. The number of carbonyl (C=O) groups is 1. The third kappa shape index (κ3) is 1.32. The molecule has 96 valence electrons. The summed E-state index contributed by atoms with van der Waals surface area (Å²) in [6, 6.07) is 0. The summed E-state index contributed by atoms with van der Waals surface area (Å²) in [5.41, 5.74) is 3.67. The summed E-state index contributed by atoms with van der Waals surface area (Å²) in [5, 5.41) is 4.34. The van der Waals surface area contributed by atoms with Crippen LogP contribution >= 0.6 is 0 Å². The average molecular weight is 246 g/mol. The Kier molecular flexibility index (Phi) is 2.22. The first-order valence-corrected chi connectivity index (χ1v) is 6.35. The predicted molar refractivity (Wildman–Crippen MR) is 67.6 cm³/mol. The molecule has 1 aromatic heterocycles. The Morgan fingerprint density at radius 1 is 1.67 bits per heavy atom. The second-order valence-electron chi connectivity index (χ2n) is 5.83. The molecule has 1 saturated carbocycles. The van der Waals surface area contributed by atoms with Crippen LogP contribution in [-0.2, 0) is 11.2 Å². The van der Waals surface area contributed by atoms with E-state index in [0.29, 0.717) is 17.3 Å². The summed E-state index contributed by atoms with van der Waals surface area (Å²) in [4.78, 5) is 11.9. The highest BCUT2D eigenvalue weighted by molar-refractivity contribution is 5.72. The standard InChI is InChI=1S/C14H18N2O2/c1-5-6-18-13(17)16-10-7-9-12(14(9,3)4)11(10)8(2)15-16/h5,9,12H,1,6-7H2,2-4H3/t9-,12-/m1/s1. The van der Waals surface area contributed by atoms with Crippen molar-refractivity contribution in [2.45, 2.75) is 33.1 Å². The molecule has 2 aliphatic rings. The van der Waals surface area contributed by atoms with Gasteiger partial charge in [-0.15, -0.1) is 0 Å². The highest BCUT2D eigenvalue weighted by Gasteiger charge is 2.64. The molecular formula is C14H18N2O2. The van der Waals surface area contributed by atoms with E-state index in [4.69, 9.17) is 4.74 Å². The molecule has 0 spiro atoms. The lowest BCUT2D eigenvalue weighted by Crippen LogP contribution is -2.18. The minimum atomic E-state index is -0.390. The Morgan fingerprint density at radius 2 is 2.39 bits per heavy atom. The van der Waals surface area contributed by atoms with E-state index in [1.54, 1.807) is 6.08 Å². The number of aromatic nitrogens is 2. The molecule has 18 heavy (non-hydrogen) atoms. The second kappa shape index (κ2) is 3.46. The quantitative estimate of drug-likeness (QED) is 0.753. The Bertz CT molecular complexity index is 542. The smallest absolute Gasteiger partial charge is 0.435 e. The van der Waals surface area contributed by atoms with Crippen LogP contribution in [0.15, 0.2) is 12.7 Å². The summed E-state index contributed by atoms with van der Waals surface area (Å²) < 4.78 is 6.50. The topological polar surface area (TPSA) is 44.1 Å². The first-order chi connectivity index (χ1) is 8.48. The zero-order valence-corrected chi connectivity index (χ0v) is 11.1. The molecule has 3 rings (SSSR count). The van der Waals surface area contributed by atoms with Gasteiger partial charge in [0.2, 0.25) is 0 Å². The minimum Gasteiger partial charge on any atom is -0.444 e. The van der Waals surface area contributed by atoms with Crippen molar-refractivity contribution in [1.82, 2.24) is 9.78 Å². The van der Waals surface area contributed by atoms with Crippen LogP contribution < -0.4 is 0 Å². The largest absolute Gasteiger partial charge is 0.444 e. The van der Waals surface area contributed by atoms with E-state index in [1.165, 1.54) is 10.2 Å². The molecule has 0 radical (unpaired) electrons. The monoisotopic (exact) mass is 246 g/mol. The van der Waals surface area contributed by atoms with Gasteiger partial charge in [-0.05, 0) is 30.6 Å². The first-order valence-electron chi connectivity index (χ1n) is 6.35. The van der Waals surface area contributed by atoms with Gasteiger partial charge in [0.25, 0.3) is 0 Å². The third-order valence-corrected chi connectivity index (χ3v) is 4.48. The number of rotatable bonds is 2. The third-order valence-electron chi connectivity index (χ3n) is 4.48. The normalized spacial score (nSPS) is 26.4. The molecule has 0 unspecified atom stereocenters. The number of ether oxygens (including phenoxy) is 1. The van der Waals surface area contributed by atoms with Crippen LogP contribution in [-0.4, -0.2) is 22.5 Å². The van der Waals surface area contributed by atoms with Crippen molar-refractivity contribution in [1.29, 1.82) is 0 Å². The van der Waals surface area contributed by atoms with Crippen LogP contribution in [0, 0.1) is 18.3 Å². The Labute approximate surface area is 107 Å². The molecule has 2 atom stereocenters. The van der Waals surface area contributed by atoms with Crippen molar-refractivity contribution in [3.63, 3.8) is 0 Å². The second-order valence-corrected chi connectivity index (χ2v) is 5.83. The Balaban J connectivity index is 1.93. The van der Waals surface area contributed by atoms with E-state index < -0.39 is 6.09 Å². The predicted octanol–water partition coefficient (Wildman–Crippen LogP) is 2.66. The molecule has 2 aliphatic carbocycles. The SMILES string of the molecule is C=CCOC(=O)n1nc(C)c2c1C[C@@H]1[C@H]2C1(C)C. The average Bonchev–Trinajstić information content (AvgIpc) is 2.72. The summed E-state index contributed by atoms with van der Waals surface area (Å²) in [5.74, 6) is 1.25. The summed E-state index contributed by atoms with van der Waals surface area (Å²) in [7, 11) is 0. The minimum absolute atomic E-state index is 0.227. The van der Waals surface area contributed by atoms with Crippen molar-refractivity contribution < 1.29 is 9.53 Å². The van der Waals surface area contributed by atoms with Crippen LogP contribution in [0.25, 0.3) is 0 Å². The summed E-state index contributed by atoms with van der Waals surface area (Å²) in [6.45, 7) is 10.3. The lowest BCUT2D eigenvalue weighted by Gasteiger charge is -2.09. The van der Waals surface area contributed by atoms with Crippen molar-refractivity contribution in [3.05, 3.63) is 29.6 Å². The zero-order valence-electron chi connectivity index (χ0n) is 11.1. The first kappa shape index (κ1) is 11.5. The fraction of sp³-hybridized carbons (Fsp3) is 0.571. The fourth-order valence-electron chi connectivity index (χ4n) is 3.44. The van der Waals surface area contributed by atoms with Gasteiger partial charge in [0.1, 0.15) is 6.61 Å². The highest BCUT2D eigenvalue weighted by Crippen LogP contribution is 2.70. The number of nitrogens with zero attached hydrogens (tertiary/aromatic N) is 2. The molecule has 1 heterocycles. The van der Waals surface area contributed by atoms with Gasteiger partial charge in [0, 0.05) is 5.56 Å². The Morgan fingerprint density at radius 3 is 3.06 bits per heavy atom. The van der Waals surface area contributed by atoms with E-state index >= 15 is 0 Å². The number of hydrogen-bond acceptors (Lipinski definition) is 3. The van der Waals surface area contributed by atoms with Crippen LogP contribution in [0.4, 0.5) is 4.79 Å². The maximum absolute atomic E-state index is 11.9. The van der Waals surface area contributed by atoms with E-state index in [1.807, 2.05) is 6.92 Å². The lowest BCUT2D eigenvalue weighted by molar-refractivity contribution is 0.155. The molecule has 0 saturated heterocycles. The van der Waals surface area contributed by atoms with Crippen molar-refractivity contribution >= 4 is 6.09 Å². The molecule has 1 fully saturated rings. The molecule has 0 N–H and O–H groups in total. The van der Waals surface area contributed by atoms with Gasteiger partial charge in [-0.3, -0.25) is 0 Å². The van der Waals surface area contributed by atoms with Gasteiger partial charge in [-0.1, -0.05) is 26.5 Å². The van der Waals surface area contributed by atoms with Gasteiger partial charge < -0.3 is 4.74 Å². The molecule has 0 aromatic carbocycles. The van der Waals surface area contributed by atoms with Gasteiger partial charge >= 0.3 is 6.09 Å². The van der Waals surface area contributed by atoms with Crippen LogP contribution in [0.1, 0.15) is 36.7 Å². The molecule has 0 amide bonds. The maximum atomic E-state index is 11.9. The number of carbonyl (C=O) groups excluding carboxylic acids is 1. The van der Waals surface area contributed by atoms with E-state index in [2.05, 4.69) is 25.5 Å². The van der Waals surface area contributed by atoms with Gasteiger partial charge in [0.15, 0.2) is 0 Å². The lowest BCUT2D eigenvalue weighted by atomic mass is 9.98. The number of aryl methyl sites for hydroxylation is 1. The van der Waals surface area contributed by atoms with Gasteiger partial charge in [-0.2, -0.15) is 9.78 Å². The van der Waals surface area contributed by atoms with E-state index in [-0.39, 0.29) is 6.61 Å². The van der Waals surface area contributed by atoms with Crippen molar-refractivity contribution in [3.8, 4) is 0 Å².